The maximum Gasteiger partial charge on any atom is 0.222 e. The molecule has 19 heavy (non-hydrogen) atoms. The van der Waals surface area contributed by atoms with Gasteiger partial charge in [0.2, 0.25) is 5.91 Å². The first kappa shape index (κ1) is 14.8. The highest BCUT2D eigenvalue weighted by Crippen LogP contribution is 2.31. The minimum absolute atomic E-state index is 0.0120. The molecule has 2 fully saturated rings. The van der Waals surface area contributed by atoms with Gasteiger partial charge in [-0.3, -0.25) is 4.79 Å². The van der Waals surface area contributed by atoms with Crippen LogP contribution in [0.2, 0.25) is 0 Å². The molecule has 2 rings (SSSR count). The molecule has 0 spiro atoms. The topological polar surface area (TPSA) is 61.4 Å². The lowest BCUT2D eigenvalue weighted by atomic mass is 9.79. The van der Waals surface area contributed by atoms with Crippen LogP contribution < -0.4 is 10.6 Å². The molecule has 3 N–H and O–H groups in total. The van der Waals surface area contributed by atoms with Gasteiger partial charge in [0.15, 0.2) is 0 Å². The van der Waals surface area contributed by atoms with Gasteiger partial charge in [0, 0.05) is 12.0 Å². The molecular weight excluding hydrogens is 240 g/mol. The normalized spacial score (nSPS) is 30.8. The second-order valence-electron chi connectivity index (χ2n) is 6.29. The van der Waals surface area contributed by atoms with Crippen molar-refractivity contribution in [3.8, 4) is 0 Å². The van der Waals surface area contributed by atoms with Crippen LogP contribution in [0.5, 0.6) is 0 Å². The Labute approximate surface area is 116 Å². The van der Waals surface area contributed by atoms with Gasteiger partial charge in [-0.1, -0.05) is 32.1 Å². The first-order valence-corrected chi connectivity index (χ1v) is 7.82. The van der Waals surface area contributed by atoms with Crippen LogP contribution in [-0.4, -0.2) is 35.7 Å². The van der Waals surface area contributed by atoms with Crippen LogP contribution in [0.1, 0.15) is 64.2 Å². The third-order valence-electron chi connectivity index (χ3n) is 4.92. The van der Waals surface area contributed by atoms with E-state index in [-0.39, 0.29) is 23.6 Å². The fraction of sp³-hybridized carbons (Fsp3) is 0.933. The summed E-state index contributed by atoms with van der Waals surface area (Å²) in [5.41, 5.74) is -0.0120. The van der Waals surface area contributed by atoms with Crippen molar-refractivity contribution in [3.05, 3.63) is 0 Å². The molecule has 0 aromatic rings. The van der Waals surface area contributed by atoms with Crippen LogP contribution in [0.15, 0.2) is 0 Å². The summed E-state index contributed by atoms with van der Waals surface area (Å²) in [6, 6.07) is -0.0289. The average molecular weight is 268 g/mol. The molecule has 4 nitrogen and oxygen atoms in total. The van der Waals surface area contributed by atoms with Crippen molar-refractivity contribution in [3.63, 3.8) is 0 Å². The number of hydrogen-bond acceptors (Lipinski definition) is 3. The Bertz CT molecular complexity index is 301. The molecule has 0 bridgehead atoms. The number of carbonyl (C=O) groups excluding carboxylic acids is 1. The summed E-state index contributed by atoms with van der Waals surface area (Å²) in [6.07, 6.45) is 10.00. The molecular formula is C15H28N2O2. The number of hydrogen-bond donors (Lipinski definition) is 3. The zero-order chi connectivity index (χ0) is 13.7. The van der Waals surface area contributed by atoms with Gasteiger partial charge in [0.25, 0.3) is 0 Å². The van der Waals surface area contributed by atoms with E-state index in [1.807, 2.05) is 7.05 Å². The molecule has 2 atom stereocenters. The lowest BCUT2D eigenvalue weighted by molar-refractivity contribution is -0.124. The zero-order valence-electron chi connectivity index (χ0n) is 12.1. The fourth-order valence-corrected chi connectivity index (χ4v) is 3.59. The molecule has 0 aromatic carbocycles. The Morgan fingerprint density at radius 3 is 2.47 bits per heavy atom. The van der Waals surface area contributed by atoms with Crippen molar-refractivity contribution in [2.24, 2.45) is 0 Å². The van der Waals surface area contributed by atoms with E-state index in [1.54, 1.807) is 0 Å². The Morgan fingerprint density at radius 2 is 1.84 bits per heavy atom. The van der Waals surface area contributed by atoms with E-state index in [4.69, 9.17) is 0 Å². The van der Waals surface area contributed by atoms with Crippen LogP contribution in [-0.2, 0) is 4.79 Å². The standard InChI is InChI=1S/C15H28N2O2/c1-16-15(9-5-2-6-10-15)11-14(19)17-12-7-3-4-8-13(12)18/h12-13,16,18H,2-11H2,1H3,(H,17,19)/t12-,13-/m0/s1. The predicted octanol–water partition coefficient (Wildman–Crippen LogP) is 1.72. The molecule has 0 aromatic heterocycles. The summed E-state index contributed by atoms with van der Waals surface area (Å²) < 4.78 is 0. The van der Waals surface area contributed by atoms with Crippen molar-refractivity contribution < 1.29 is 9.90 Å². The van der Waals surface area contributed by atoms with E-state index in [0.29, 0.717) is 6.42 Å². The van der Waals surface area contributed by atoms with E-state index < -0.39 is 0 Å². The van der Waals surface area contributed by atoms with Crippen LogP contribution in [0.3, 0.4) is 0 Å². The third kappa shape index (κ3) is 3.93. The van der Waals surface area contributed by atoms with Crippen LogP contribution in [0.4, 0.5) is 0 Å². The number of amides is 1. The molecule has 1 amide bonds. The van der Waals surface area contributed by atoms with E-state index >= 15 is 0 Å². The highest BCUT2D eigenvalue weighted by Gasteiger charge is 2.34. The molecule has 110 valence electrons. The Kier molecular flexibility index (Phi) is 5.22. The largest absolute Gasteiger partial charge is 0.391 e. The first-order valence-electron chi connectivity index (χ1n) is 7.82. The average Bonchev–Trinajstić information content (AvgIpc) is 2.42. The van der Waals surface area contributed by atoms with Crippen LogP contribution in [0, 0.1) is 0 Å². The highest BCUT2D eigenvalue weighted by atomic mass is 16.3. The number of aliphatic hydroxyl groups excluding tert-OH is 1. The highest BCUT2D eigenvalue weighted by molar-refractivity contribution is 5.77. The third-order valence-corrected chi connectivity index (χ3v) is 4.92. The number of aliphatic hydroxyl groups is 1. The smallest absolute Gasteiger partial charge is 0.222 e. The summed E-state index contributed by atoms with van der Waals surface area (Å²) in [4.78, 5) is 12.2. The number of carbonyl (C=O) groups is 1. The van der Waals surface area contributed by atoms with E-state index in [0.717, 1.165) is 38.5 Å². The van der Waals surface area contributed by atoms with Crippen molar-refractivity contribution in [2.45, 2.75) is 81.9 Å². The minimum Gasteiger partial charge on any atom is -0.391 e. The van der Waals surface area contributed by atoms with E-state index in [1.165, 1.54) is 19.3 Å². The summed E-state index contributed by atoms with van der Waals surface area (Å²) in [6.45, 7) is 0. The Morgan fingerprint density at radius 1 is 1.16 bits per heavy atom. The van der Waals surface area contributed by atoms with Crippen LogP contribution in [0.25, 0.3) is 0 Å². The molecule has 2 saturated carbocycles. The Hall–Kier alpha value is -0.610. The van der Waals surface area contributed by atoms with Gasteiger partial charge in [0.1, 0.15) is 0 Å². The maximum atomic E-state index is 12.2. The summed E-state index contributed by atoms with van der Waals surface area (Å²) in [5, 5.41) is 16.3. The van der Waals surface area contributed by atoms with E-state index in [9.17, 15) is 9.90 Å². The molecule has 0 aliphatic heterocycles. The zero-order valence-corrected chi connectivity index (χ0v) is 12.1. The molecule has 0 unspecified atom stereocenters. The quantitative estimate of drug-likeness (QED) is 0.727. The molecule has 0 radical (unpaired) electrons. The van der Waals surface area contributed by atoms with Crippen molar-refractivity contribution >= 4 is 5.91 Å². The van der Waals surface area contributed by atoms with Gasteiger partial charge in [-0.2, -0.15) is 0 Å². The number of nitrogens with one attached hydrogen (secondary N) is 2. The monoisotopic (exact) mass is 268 g/mol. The van der Waals surface area contributed by atoms with Gasteiger partial charge in [-0.15, -0.1) is 0 Å². The molecule has 4 heteroatoms. The first-order chi connectivity index (χ1) is 9.15. The van der Waals surface area contributed by atoms with Gasteiger partial charge >= 0.3 is 0 Å². The van der Waals surface area contributed by atoms with Gasteiger partial charge in [-0.25, -0.2) is 0 Å². The minimum atomic E-state index is -0.352. The van der Waals surface area contributed by atoms with Crippen molar-refractivity contribution in [1.82, 2.24) is 10.6 Å². The predicted molar refractivity (Wildman–Crippen MR) is 75.9 cm³/mol. The van der Waals surface area contributed by atoms with Gasteiger partial charge < -0.3 is 15.7 Å². The maximum absolute atomic E-state index is 12.2. The molecule has 0 saturated heterocycles. The van der Waals surface area contributed by atoms with Gasteiger partial charge in [0.05, 0.1) is 12.1 Å². The van der Waals surface area contributed by atoms with Crippen molar-refractivity contribution in [1.29, 1.82) is 0 Å². The fourth-order valence-electron chi connectivity index (χ4n) is 3.59. The second-order valence-corrected chi connectivity index (χ2v) is 6.29. The van der Waals surface area contributed by atoms with Gasteiger partial charge in [-0.05, 0) is 32.7 Å². The molecule has 2 aliphatic rings. The molecule has 2 aliphatic carbocycles. The summed E-state index contributed by atoms with van der Waals surface area (Å²) in [7, 11) is 1.97. The lowest BCUT2D eigenvalue weighted by Crippen LogP contribution is -2.51. The molecule has 0 heterocycles. The summed E-state index contributed by atoms with van der Waals surface area (Å²) >= 11 is 0. The lowest BCUT2D eigenvalue weighted by Gasteiger charge is -2.37. The van der Waals surface area contributed by atoms with Crippen LogP contribution >= 0.6 is 0 Å². The Balaban J connectivity index is 1.85. The number of rotatable bonds is 4. The second kappa shape index (κ2) is 6.71. The SMILES string of the molecule is CNC1(CC(=O)N[C@H]2CCCC[C@@H]2O)CCCCC1. The summed E-state index contributed by atoms with van der Waals surface area (Å²) in [5.74, 6) is 0.0993. The van der Waals surface area contributed by atoms with Crippen molar-refractivity contribution in [2.75, 3.05) is 7.05 Å². The van der Waals surface area contributed by atoms with E-state index in [2.05, 4.69) is 10.6 Å².